The van der Waals surface area contributed by atoms with Crippen molar-refractivity contribution in [2.75, 3.05) is 17.4 Å². The van der Waals surface area contributed by atoms with E-state index in [4.69, 9.17) is 32.4 Å². The van der Waals surface area contributed by atoms with Crippen molar-refractivity contribution in [3.8, 4) is 23.0 Å². The molecule has 3 fully saturated rings. The minimum Gasteiger partial charge on any atom is -0.503 e. The van der Waals surface area contributed by atoms with Crippen molar-refractivity contribution < 1.29 is 37.8 Å². The van der Waals surface area contributed by atoms with Crippen LogP contribution in [0.1, 0.15) is 29.9 Å². The van der Waals surface area contributed by atoms with Gasteiger partial charge in [-0.15, -0.1) is 0 Å². The molecule has 0 spiro atoms. The Kier molecular flexibility index (Phi) is 8.85. The van der Waals surface area contributed by atoms with Crippen LogP contribution >= 0.6 is 23.2 Å². The van der Waals surface area contributed by atoms with Crippen LogP contribution in [-0.2, 0) is 24.6 Å². The highest BCUT2D eigenvalue weighted by Crippen LogP contribution is 2.65. The molecular weight excluding hydrogens is 810 g/mol. The van der Waals surface area contributed by atoms with Crippen molar-refractivity contribution in [1.82, 2.24) is 9.99 Å². The molecule has 60 heavy (non-hydrogen) atoms. The largest absolute Gasteiger partial charge is 0.503 e. The highest BCUT2D eigenvalue weighted by Gasteiger charge is 2.70. The minimum atomic E-state index is -1.65. The third-order valence-electron chi connectivity index (χ3n) is 12.5. The van der Waals surface area contributed by atoms with Gasteiger partial charge in [-0.2, -0.15) is 5.01 Å². The van der Waals surface area contributed by atoms with E-state index in [-0.39, 0.29) is 35.3 Å². The van der Waals surface area contributed by atoms with Crippen LogP contribution in [0.2, 0.25) is 10.0 Å². The van der Waals surface area contributed by atoms with Gasteiger partial charge in [0.15, 0.2) is 17.1 Å². The summed E-state index contributed by atoms with van der Waals surface area (Å²) in [5.74, 6) is -6.71. The number of rotatable bonds is 7. The molecule has 4 amide bonds. The van der Waals surface area contributed by atoms with Crippen molar-refractivity contribution in [1.29, 1.82) is 0 Å². The minimum absolute atomic E-state index is 0.0325. The van der Waals surface area contributed by atoms with Gasteiger partial charge in [0.1, 0.15) is 11.3 Å². The van der Waals surface area contributed by atoms with Gasteiger partial charge < -0.3 is 14.3 Å². The molecule has 1 aromatic heterocycles. The topological polar surface area (TPSA) is 142 Å². The van der Waals surface area contributed by atoms with Crippen LogP contribution in [0.25, 0.3) is 22.6 Å². The molecule has 3 heterocycles. The first-order valence-corrected chi connectivity index (χ1v) is 20.0. The predicted octanol–water partition coefficient (Wildman–Crippen LogP) is 8.84. The number of hydrazine groups is 1. The Bertz CT molecular complexity index is 2780. The van der Waals surface area contributed by atoms with Crippen LogP contribution in [-0.4, -0.2) is 45.8 Å². The summed E-state index contributed by atoms with van der Waals surface area (Å²) in [5.41, 5.74) is 5.53. The molecule has 6 atom stereocenters. The lowest BCUT2D eigenvalue weighted by molar-refractivity contribution is -0.138. The third-order valence-corrected chi connectivity index (χ3v) is 13.1. The number of allylic oxidation sites excluding steroid dienone is 2. The summed E-state index contributed by atoms with van der Waals surface area (Å²) in [6, 6.07) is 29.3. The second-order valence-electron chi connectivity index (χ2n) is 15.5. The molecular formula is C46H33Cl2FN4O7. The van der Waals surface area contributed by atoms with Gasteiger partial charge in [0.2, 0.25) is 17.7 Å². The van der Waals surface area contributed by atoms with Gasteiger partial charge in [0.05, 0.1) is 46.7 Å². The van der Waals surface area contributed by atoms with E-state index in [0.29, 0.717) is 55.7 Å². The smallest absolute Gasteiger partial charge is 0.260 e. The number of phenolic OH excluding ortho intramolecular Hbond substituents is 1. The van der Waals surface area contributed by atoms with Gasteiger partial charge in [0, 0.05) is 16.5 Å². The zero-order valence-electron chi connectivity index (χ0n) is 31.6. The van der Waals surface area contributed by atoms with E-state index < -0.39 is 58.5 Å². The van der Waals surface area contributed by atoms with Crippen LogP contribution in [0.3, 0.4) is 0 Å². The van der Waals surface area contributed by atoms with Gasteiger partial charge in [-0.1, -0.05) is 59.1 Å². The number of ether oxygens (including phenoxy) is 1. The number of hydrogen-bond acceptors (Lipinski definition) is 9. The number of aromatic hydroxyl groups is 1. The van der Waals surface area contributed by atoms with E-state index in [0.717, 1.165) is 5.01 Å². The Balaban J connectivity index is 1.10. The SMILES string of the molecule is COc1cc([C@H]2C3=CC[C@@H]4C(=O)N(c5ccc(-c6nc7ccccc7o6)cc5)C(=O)[C@@H]4[C@@H]3C[C@H]3C(=O)N(Nc4ccc(F)cc4)C(=O)[C@@]23c2ccc(Cl)cc2)cc(Cl)c1O. The third kappa shape index (κ3) is 5.57. The fraction of sp³-hybridized carbons (Fsp3) is 0.196. The van der Waals surface area contributed by atoms with Crippen molar-refractivity contribution in [3.63, 3.8) is 0 Å². The van der Waals surface area contributed by atoms with Crippen LogP contribution in [0, 0.1) is 29.5 Å². The maximum atomic E-state index is 15.4. The van der Waals surface area contributed by atoms with Crippen molar-refractivity contribution >= 4 is 69.3 Å². The highest BCUT2D eigenvalue weighted by molar-refractivity contribution is 6.32. The number of halogens is 3. The number of benzene rings is 5. The Morgan fingerprint density at radius 2 is 1.62 bits per heavy atom. The number of carbonyl (C=O) groups excluding carboxylic acids is 4. The molecule has 10 rings (SSSR count). The summed E-state index contributed by atoms with van der Waals surface area (Å²) in [6.45, 7) is 0. The number of para-hydroxylation sites is 2. The van der Waals surface area contributed by atoms with Crippen LogP contribution in [0.4, 0.5) is 15.8 Å². The summed E-state index contributed by atoms with van der Waals surface area (Å²) in [6.07, 6.45) is 2.13. The lowest BCUT2D eigenvalue weighted by Gasteiger charge is -2.50. The Hall–Kier alpha value is -6.50. The molecule has 2 aliphatic heterocycles. The van der Waals surface area contributed by atoms with Crippen molar-refractivity contribution in [2.45, 2.75) is 24.2 Å². The molecule has 6 aromatic rings. The zero-order valence-corrected chi connectivity index (χ0v) is 33.2. The standard InChI is InChI=1S/C46H33Cl2FN4O7/c1-59-37-21-24(20-34(48)40(37)54)39-30-18-19-31-38(44(57)52(42(31)55)29-16-6-23(7-17-29)41-50-35-4-2-3-5-36(35)60-41)32(30)22-33-43(56)53(51-28-14-12-27(49)13-15-28)45(58)46(33,39)25-8-10-26(47)11-9-25/h2-18,20-21,31-33,38-39,51,54H,19,22H2,1H3/t31-,32+,33-,38-,39-,46+/m0/s1. The van der Waals surface area contributed by atoms with Crippen LogP contribution in [0.5, 0.6) is 11.5 Å². The molecule has 4 aliphatic rings. The molecule has 2 saturated heterocycles. The molecule has 2 aliphatic carbocycles. The lowest BCUT2D eigenvalue weighted by atomic mass is 9.49. The van der Waals surface area contributed by atoms with E-state index in [1.54, 1.807) is 54.6 Å². The Morgan fingerprint density at radius 1 is 0.883 bits per heavy atom. The van der Waals surface area contributed by atoms with Gasteiger partial charge in [0.25, 0.3) is 11.8 Å². The van der Waals surface area contributed by atoms with E-state index in [1.165, 1.54) is 42.3 Å². The quantitative estimate of drug-likeness (QED) is 0.119. The first-order chi connectivity index (χ1) is 29.0. The van der Waals surface area contributed by atoms with E-state index in [9.17, 15) is 23.9 Å². The molecule has 14 heteroatoms. The Labute approximate surface area is 351 Å². The van der Waals surface area contributed by atoms with Gasteiger partial charge in [-0.3, -0.25) is 29.5 Å². The Morgan fingerprint density at radius 3 is 2.33 bits per heavy atom. The second-order valence-corrected chi connectivity index (χ2v) is 16.3. The number of methoxy groups -OCH3 is 1. The van der Waals surface area contributed by atoms with E-state index >= 15 is 4.79 Å². The number of nitrogens with one attached hydrogen (secondary N) is 1. The average molecular weight is 844 g/mol. The van der Waals surface area contributed by atoms with Crippen LogP contribution in [0.15, 0.2) is 125 Å². The number of nitrogens with zero attached hydrogens (tertiary/aromatic N) is 3. The van der Waals surface area contributed by atoms with Gasteiger partial charge in [-0.05, 0) is 115 Å². The molecule has 0 bridgehead atoms. The monoisotopic (exact) mass is 842 g/mol. The maximum Gasteiger partial charge on any atom is 0.260 e. The number of imide groups is 2. The summed E-state index contributed by atoms with van der Waals surface area (Å²) in [7, 11) is 1.37. The van der Waals surface area contributed by atoms with Crippen LogP contribution < -0.4 is 15.1 Å². The molecule has 0 radical (unpaired) electrons. The molecule has 0 unspecified atom stereocenters. The molecule has 2 N–H and O–H groups in total. The normalized spacial score (nSPS) is 24.7. The summed E-state index contributed by atoms with van der Waals surface area (Å²) < 4.78 is 25.5. The number of amides is 4. The maximum absolute atomic E-state index is 15.4. The first-order valence-electron chi connectivity index (χ1n) is 19.3. The fourth-order valence-corrected chi connectivity index (χ4v) is 10.3. The number of aromatic nitrogens is 1. The lowest BCUT2D eigenvalue weighted by Crippen LogP contribution is -2.53. The molecule has 300 valence electrons. The van der Waals surface area contributed by atoms with Crippen molar-refractivity contribution in [3.05, 3.63) is 148 Å². The molecule has 1 saturated carbocycles. The summed E-state index contributed by atoms with van der Waals surface area (Å²) in [4.78, 5) is 65.3. The number of anilines is 2. The highest BCUT2D eigenvalue weighted by atomic mass is 35.5. The number of phenols is 1. The summed E-state index contributed by atoms with van der Waals surface area (Å²) >= 11 is 13.1. The summed E-state index contributed by atoms with van der Waals surface area (Å²) in [5, 5.41) is 12.2. The zero-order chi connectivity index (χ0) is 41.6. The van der Waals surface area contributed by atoms with Gasteiger partial charge >= 0.3 is 0 Å². The second kappa shape index (κ2) is 14.1. The number of carbonyl (C=O) groups is 4. The van der Waals surface area contributed by atoms with Crippen molar-refractivity contribution in [2.24, 2.45) is 23.7 Å². The van der Waals surface area contributed by atoms with Gasteiger partial charge in [-0.25, -0.2) is 9.37 Å². The number of hydrogen-bond donors (Lipinski definition) is 2. The average Bonchev–Trinajstić information content (AvgIpc) is 3.87. The fourth-order valence-electron chi connectivity index (χ4n) is 9.95. The molecule has 5 aromatic carbocycles. The van der Waals surface area contributed by atoms with E-state index in [1.807, 2.05) is 30.3 Å². The molecule has 11 nitrogen and oxygen atoms in total. The first kappa shape index (κ1) is 37.7. The van der Waals surface area contributed by atoms with E-state index in [2.05, 4.69) is 10.4 Å². The predicted molar refractivity (Wildman–Crippen MR) is 221 cm³/mol. The number of oxazole rings is 1. The number of fused-ring (bicyclic) bond motifs is 5.